The van der Waals surface area contributed by atoms with Gasteiger partial charge in [-0.25, -0.2) is 4.98 Å². The van der Waals surface area contributed by atoms with Crippen LogP contribution in [0.25, 0.3) is 16.9 Å². The molecule has 0 aliphatic heterocycles. The summed E-state index contributed by atoms with van der Waals surface area (Å²) in [7, 11) is -3.78. The fraction of sp³-hybridized carbons (Fsp3) is 0.222. The number of fused-ring (bicyclic) bond motifs is 1. The molecular weight excluding hydrogens is 506 g/mol. The first-order valence-corrected chi connectivity index (χ1v) is 13.5. The van der Waals surface area contributed by atoms with Crippen molar-refractivity contribution in [2.45, 2.75) is 31.7 Å². The van der Waals surface area contributed by atoms with E-state index in [0.29, 0.717) is 30.4 Å². The highest BCUT2D eigenvalue weighted by Crippen LogP contribution is 2.29. The van der Waals surface area contributed by atoms with Gasteiger partial charge in [-0.3, -0.25) is 8.58 Å². The van der Waals surface area contributed by atoms with Crippen molar-refractivity contribution in [2.75, 3.05) is 13.2 Å². The Balaban J connectivity index is 1.18. The number of imidazole rings is 1. The van der Waals surface area contributed by atoms with Gasteiger partial charge in [0.1, 0.15) is 24.2 Å². The van der Waals surface area contributed by atoms with Gasteiger partial charge < -0.3 is 14.0 Å². The molecule has 0 atom stereocenters. The lowest BCUT2D eigenvalue weighted by atomic mass is 10.2. The fourth-order valence-electron chi connectivity index (χ4n) is 3.83. The van der Waals surface area contributed by atoms with Crippen LogP contribution in [-0.2, 0) is 20.8 Å². The molecule has 0 saturated carbocycles. The van der Waals surface area contributed by atoms with E-state index in [2.05, 4.69) is 15.2 Å². The van der Waals surface area contributed by atoms with Crippen molar-refractivity contribution in [3.8, 4) is 28.8 Å². The second kappa shape index (κ2) is 11.0. The number of benzene rings is 2. The predicted molar refractivity (Wildman–Crippen MR) is 141 cm³/mol. The maximum atomic E-state index is 12.3. The van der Waals surface area contributed by atoms with E-state index >= 15 is 0 Å². The zero-order valence-corrected chi connectivity index (χ0v) is 21.8. The van der Waals surface area contributed by atoms with Crippen LogP contribution in [0.1, 0.15) is 18.9 Å². The summed E-state index contributed by atoms with van der Waals surface area (Å²) in [6.45, 7) is 5.01. The highest BCUT2D eigenvalue weighted by atomic mass is 32.2. The molecule has 5 rings (SSSR count). The number of nitrogens with zero attached hydrogens (tertiary/aromatic N) is 5. The molecular formula is C27H27N5O5S. The van der Waals surface area contributed by atoms with Crippen LogP contribution in [-0.4, -0.2) is 45.8 Å². The molecule has 0 saturated heterocycles. The molecule has 11 heteroatoms. The lowest BCUT2D eigenvalue weighted by molar-refractivity contribution is 0.250. The normalized spacial score (nSPS) is 11.6. The zero-order chi connectivity index (χ0) is 26.5. The van der Waals surface area contributed by atoms with E-state index < -0.39 is 10.1 Å². The Morgan fingerprint density at radius 3 is 2.45 bits per heavy atom. The maximum Gasteiger partial charge on any atom is 0.296 e. The molecule has 10 nitrogen and oxygen atoms in total. The molecule has 5 aromatic rings. The van der Waals surface area contributed by atoms with Crippen LogP contribution in [0.5, 0.6) is 17.4 Å². The second-order valence-corrected chi connectivity index (χ2v) is 10.2. The van der Waals surface area contributed by atoms with Crippen molar-refractivity contribution in [1.82, 2.24) is 24.1 Å². The molecule has 0 bridgehead atoms. The van der Waals surface area contributed by atoms with Gasteiger partial charge >= 0.3 is 0 Å². The number of aryl methyl sites for hydroxylation is 2. The molecule has 0 aliphatic carbocycles. The quantitative estimate of drug-likeness (QED) is 0.174. The molecule has 0 amide bonds. The van der Waals surface area contributed by atoms with Crippen LogP contribution < -0.4 is 9.47 Å². The van der Waals surface area contributed by atoms with Gasteiger partial charge in [0.25, 0.3) is 10.1 Å². The Hall–Kier alpha value is -4.22. The Kier molecular flexibility index (Phi) is 7.38. The Morgan fingerprint density at radius 2 is 1.68 bits per heavy atom. The summed E-state index contributed by atoms with van der Waals surface area (Å²) in [4.78, 5) is 4.38. The number of pyridine rings is 1. The number of aromatic nitrogens is 5. The monoisotopic (exact) mass is 533 g/mol. The summed E-state index contributed by atoms with van der Waals surface area (Å²) in [5.74, 6) is 2.59. The van der Waals surface area contributed by atoms with Crippen molar-refractivity contribution >= 4 is 15.6 Å². The van der Waals surface area contributed by atoms with Gasteiger partial charge in [0, 0.05) is 24.6 Å². The van der Waals surface area contributed by atoms with E-state index in [1.165, 1.54) is 12.1 Å². The first kappa shape index (κ1) is 25.4. The minimum atomic E-state index is -3.78. The van der Waals surface area contributed by atoms with Crippen LogP contribution in [0.3, 0.4) is 0 Å². The first-order valence-electron chi connectivity index (χ1n) is 12.1. The highest BCUT2D eigenvalue weighted by Gasteiger charge is 2.15. The fourth-order valence-corrected chi connectivity index (χ4v) is 4.78. The third-order valence-corrected chi connectivity index (χ3v) is 7.18. The van der Waals surface area contributed by atoms with Crippen LogP contribution in [0, 0.1) is 6.92 Å². The lowest BCUT2D eigenvalue weighted by Gasteiger charge is -2.12. The van der Waals surface area contributed by atoms with Crippen LogP contribution in [0.4, 0.5) is 0 Å². The van der Waals surface area contributed by atoms with E-state index in [0.717, 1.165) is 29.0 Å². The highest BCUT2D eigenvalue weighted by molar-refractivity contribution is 7.86. The van der Waals surface area contributed by atoms with E-state index in [4.69, 9.17) is 13.7 Å². The van der Waals surface area contributed by atoms with E-state index in [1.807, 2.05) is 34.9 Å². The smallest absolute Gasteiger partial charge is 0.296 e. The molecule has 2 aromatic carbocycles. The minimum absolute atomic E-state index is 0.0282. The SMILES string of the molecule is CCn1cnnc1-c1cc(Oc2ccc(OCCCOS(=O)(=O)c3ccc(C)cc3)cc2)n2cncc2c1. The van der Waals surface area contributed by atoms with Gasteiger partial charge in [0.05, 0.1) is 29.8 Å². The van der Waals surface area contributed by atoms with Gasteiger partial charge in [-0.05, 0) is 56.3 Å². The third-order valence-electron chi connectivity index (χ3n) is 5.85. The summed E-state index contributed by atoms with van der Waals surface area (Å²) in [6, 6.07) is 17.6. The van der Waals surface area contributed by atoms with Crippen molar-refractivity contribution < 1.29 is 22.1 Å². The maximum absolute atomic E-state index is 12.3. The summed E-state index contributed by atoms with van der Waals surface area (Å²) in [6.07, 6.45) is 5.56. The molecule has 196 valence electrons. The molecule has 38 heavy (non-hydrogen) atoms. The van der Waals surface area contributed by atoms with Crippen molar-refractivity contribution in [2.24, 2.45) is 0 Å². The molecule has 0 fully saturated rings. The van der Waals surface area contributed by atoms with Crippen molar-refractivity contribution in [3.63, 3.8) is 0 Å². The first-order chi connectivity index (χ1) is 18.4. The van der Waals surface area contributed by atoms with Gasteiger partial charge in [-0.15, -0.1) is 10.2 Å². The summed E-state index contributed by atoms with van der Waals surface area (Å²) in [5, 5.41) is 8.27. The van der Waals surface area contributed by atoms with E-state index in [1.54, 1.807) is 55.2 Å². The molecule has 0 N–H and O–H groups in total. The number of rotatable bonds is 11. The van der Waals surface area contributed by atoms with Crippen molar-refractivity contribution in [1.29, 1.82) is 0 Å². The largest absolute Gasteiger partial charge is 0.494 e. The Bertz CT molecular complexity index is 1630. The zero-order valence-electron chi connectivity index (χ0n) is 21.0. The molecule has 0 aliphatic rings. The van der Waals surface area contributed by atoms with Crippen LogP contribution >= 0.6 is 0 Å². The molecule has 0 radical (unpaired) electrons. The summed E-state index contributed by atoms with van der Waals surface area (Å²) < 4.78 is 45.3. The van der Waals surface area contributed by atoms with Crippen molar-refractivity contribution in [3.05, 3.63) is 85.1 Å². The second-order valence-electron chi connectivity index (χ2n) is 8.58. The third kappa shape index (κ3) is 5.68. The Morgan fingerprint density at radius 1 is 0.921 bits per heavy atom. The molecule has 0 unspecified atom stereocenters. The average molecular weight is 534 g/mol. The Labute approximate surface area is 220 Å². The summed E-state index contributed by atoms with van der Waals surface area (Å²) in [5.41, 5.74) is 2.73. The predicted octanol–water partition coefficient (Wildman–Crippen LogP) is 4.89. The summed E-state index contributed by atoms with van der Waals surface area (Å²) >= 11 is 0. The van der Waals surface area contributed by atoms with Crippen LogP contribution in [0.2, 0.25) is 0 Å². The average Bonchev–Trinajstić information content (AvgIpc) is 3.59. The molecule has 0 spiro atoms. The van der Waals surface area contributed by atoms with Gasteiger partial charge in [-0.1, -0.05) is 17.7 Å². The van der Waals surface area contributed by atoms with E-state index in [9.17, 15) is 8.42 Å². The number of ether oxygens (including phenoxy) is 2. The van der Waals surface area contributed by atoms with Gasteiger partial charge in [0.2, 0.25) is 5.88 Å². The molecule has 3 heterocycles. The number of hydrogen-bond donors (Lipinski definition) is 0. The molecule has 3 aromatic heterocycles. The standard InChI is InChI=1S/C27H27N5O5S/c1-3-31-19-29-30-27(31)21-15-22-17-28-18-32(22)26(16-21)37-24-9-7-23(8-10-24)35-13-4-14-36-38(33,34)25-11-5-20(2)6-12-25/h5-12,15-19H,3-4,13-14H2,1-2H3. The lowest BCUT2D eigenvalue weighted by Crippen LogP contribution is -2.10. The van der Waals surface area contributed by atoms with Gasteiger partial charge in [-0.2, -0.15) is 8.42 Å². The van der Waals surface area contributed by atoms with E-state index in [-0.39, 0.29) is 11.5 Å². The number of hydrogen-bond acceptors (Lipinski definition) is 8. The topological polar surface area (TPSA) is 110 Å². The van der Waals surface area contributed by atoms with Gasteiger partial charge in [0.15, 0.2) is 5.82 Å². The minimum Gasteiger partial charge on any atom is -0.494 e. The van der Waals surface area contributed by atoms with Crippen LogP contribution in [0.15, 0.2) is 84.4 Å².